The molecule has 0 spiro atoms. The first-order valence-electron chi connectivity index (χ1n) is 8.26. The number of nitrogens with zero attached hydrogens (tertiary/aromatic N) is 1. The third-order valence-corrected chi connectivity index (χ3v) is 6.32. The number of ether oxygens (including phenoxy) is 1. The summed E-state index contributed by atoms with van der Waals surface area (Å²) in [6.45, 7) is 2.12. The molecule has 1 heterocycles. The van der Waals surface area contributed by atoms with Crippen LogP contribution in [0.3, 0.4) is 0 Å². The maximum atomic E-state index is 12.6. The Bertz CT molecular complexity index is 652. The van der Waals surface area contributed by atoms with E-state index in [-0.39, 0.29) is 5.75 Å². The summed E-state index contributed by atoms with van der Waals surface area (Å²) in [5.74, 6) is 0.0464. The van der Waals surface area contributed by atoms with Crippen molar-refractivity contribution in [1.29, 1.82) is 0 Å². The number of hydrogen-bond donors (Lipinski definition) is 1. The average molecular weight is 354 g/mol. The first kappa shape index (κ1) is 18.9. The van der Waals surface area contributed by atoms with Gasteiger partial charge in [0.15, 0.2) is 0 Å². The van der Waals surface area contributed by atoms with Gasteiger partial charge >= 0.3 is 5.97 Å². The van der Waals surface area contributed by atoms with E-state index in [4.69, 9.17) is 0 Å². The van der Waals surface area contributed by atoms with E-state index >= 15 is 0 Å². The molecule has 0 bridgehead atoms. The molecule has 7 heteroatoms. The van der Waals surface area contributed by atoms with Crippen molar-refractivity contribution in [2.24, 2.45) is 5.92 Å². The van der Waals surface area contributed by atoms with Crippen molar-refractivity contribution in [1.82, 2.24) is 9.62 Å². The molecule has 1 saturated heterocycles. The van der Waals surface area contributed by atoms with E-state index in [9.17, 15) is 13.2 Å². The van der Waals surface area contributed by atoms with Crippen LogP contribution in [-0.4, -0.2) is 52.5 Å². The van der Waals surface area contributed by atoms with Gasteiger partial charge < -0.3 is 10.1 Å². The van der Waals surface area contributed by atoms with Crippen LogP contribution in [0.2, 0.25) is 0 Å². The van der Waals surface area contributed by atoms with E-state index < -0.39 is 16.0 Å². The maximum Gasteiger partial charge on any atom is 0.337 e. The van der Waals surface area contributed by atoms with Gasteiger partial charge in [0.25, 0.3) is 0 Å². The largest absolute Gasteiger partial charge is 0.465 e. The summed E-state index contributed by atoms with van der Waals surface area (Å²) in [5, 5.41) is 3.14. The quantitative estimate of drug-likeness (QED) is 0.753. The summed E-state index contributed by atoms with van der Waals surface area (Å²) in [7, 11) is -0.122. The molecule has 1 aromatic carbocycles. The molecule has 0 unspecified atom stereocenters. The normalized spacial score (nSPS) is 16.9. The summed E-state index contributed by atoms with van der Waals surface area (Å²) in [6, 6.07) is 6.61. The number of benzene rings is 1. The highest BCUT2D eigenvalue weighted by atomic mass is 32.2. The Morgan fingerprint density at radius 3 is 2.67 bits per heavy atom. The topological polar surface area (TPSA) is 75.7 Å². The summed E-state index contributed by atoms with van der Waals surface area (Å²) in [4.78, 5) is 11.6. The monoisotopic (exact) mass is 354 g/mol. The van der Waals surface area contributed by atoms with Crippen molar-refractivity contribution in [2.45, 2.75) is 25.0 Å². The first-order valence-corrected chi connectivity index (χ1v) is 9.87. The van der Waals surface area contributed by atoms with Gasteiger partial charge in [-0.05, 0) is 56.5 Å². The second-order valence-electron chi connectivity index (χ2n) is 6.18. The summed E-state index contributed by atoms with van der Waals surface area (Å²) >= 11 is 0. The number of carbonyl (C=O) groups is 1. The van der Waals surface area contributed by atoms with Gasteiger partial charge in [-0.25, -0.2) is 17.5 Å². The number of carbonyl (C=O) groups excluding carboxylic acids is 1. The van der Waals surface area contributed by atoms with Crippen LogP contribution >= 0.6 is 0 Å². The molecule has 1 aliphatic rings. The molecule has 1 fully saturated rings. The molecule has 2 rings (SSSR count). The van der Waals surface area contributed by atoms with Gasteiger partial charge in [-0.3, -0.25) is 0 Å². The predicted molar refractivity (Wildman–Crippen MR) is 93.2 cm³/mol. The van der Waals surface area contributed by atoms with Crippen molar-refractivity contribution in [2.75, 3.05) is 33.8 Å². The van der Waals surface area contributed by atoms with Gasteiger partial charge in [-0.15, -0.1) is 0 Å². The Balaban J connectivity index is 1.98. The number of piperidine rings is 1. The smallest absolute Gasteiger partial charge is 0.337 e. The fourth-order valence-electron chi connectivity index (χ4n) is 3.03. The van der Waals surface area contributed by atoms with E-state index in [1.807, 2.05) is 7.05 Å². The van der Waals surface area contributed by atoms with Gasteiger partial charge in [-0.1, -0.05) is 12.1 Å². The van der Waals surface area contributed by atoms with Gasteiger partial charge in [0.05, 0.1) is 18.4 Å². The highest BCUT2D eigenvalue weighted by molar-refractivity contribution is 7.88. The number of esters is 1. The molecule has 134 valence electrons. The number of nitrogens with one attached hydrogen (secondary N) is 1. The van der Waals surface area contributed by atoms with Crippen molar-refractivity contribution in [3.8, 4) is 0 Å². The lowest BCUT2D eigenvalue weighted by Crippen LogP contribution is -2.39. The third kappa shape index (κ3) is 5.03. The Morgan fingerprint density at radius 1 is 1.33 bits per heavy atom. The second kappa shape index (κ2) is 8.60. The maximum absolute atomic E-state index is 12.6. The van der Waals surface area contributed by atoms with Crippen molar-refractivity contribution < 1.29 is 17.9 Å². The lowest BCUT2D eigenvalue weighted by molar-refractivity contribution is 0.0600. The minimum atomic E-state index is -3.36. The molecule has 0 aliphatic carbocycles. The van der Waals surface area contributed by atoms with Crippen LogP contribution in [0, 0.1) is 5.92 Å². The number of rotatable bonds is 7. The van der Waals surface area contributed by atoms with Crippen LogP contribution in [-0.2, 0) is 20.5 Å². The fraction of sp³-hybridized carbons (Fsp3) is 0.588. The summed E-state index contributed by atoms with van der Waals surface area (Å²) in [5.41, 5.74) is 0.978. The molecule has 0 saturated carbocycles. The van der Waals surface area contributed by atoms with Gasteiger partial charge in [0.1, 0.15) is 0 Å². The Hall–Kier alpha value is -1.44. The van der Waals surface area contributed by atoms with Crippen LogP contribution < -0.4 is 5.32 Å². The van der Waals surface area contributed by atoms with E-state index in [0.29, 0.717) is 30.1 Å². The predicted octanol–water partition coefficient (Wildman–Crippen LogP) is 1.62. The van der Waals surface area contributed by atoms with E-state index in [1.54, 1.807) is 28.6 Å². The minimum absolute atomic E-state index is 0.0843. The fourth-order valence-corrected chi connectivity index (χ4v) is 4.58. The van der Waals surface area contributed by atoms with Gasteiger partial charge in [0, 0.05) is 13.1 Å². The van der Waals surface area contributed by atoms with Crippen molar-refractivity contribution >= 4 is 16.0 Å². The molecule has 1 N–H and O–H groups in total. The zero-order chi connectivity index (χ0) is 17.6. The number of sulfonamides is 1. The highest BCUT2D eigenvalue weighted by Gasteiger charge is 2.28. The van der Waals surface area contributed by atoms with Crippen molar-refractivity contribution in [3.63, 3.8) is 0 Å². The third-order valence-electron chi connectivity index (χ3n) is 4.47. The molecule has 1 aliphatic heterocycles. The molecule has 1 aromatic rings. The summed E-state index contributed by atoms with van der Waals surface area (Å²) < 4.78 is 31.5. The standard InChI is InChI=1S/C17H26N2O4S/c1-18-9-6-14-7-10-19(11-8-14)24(21,22)13-15-4-3-5-16(12-15)17(20)23-2/h3-5,12,14,18H,6-11,13H2,1-2H3. The molecule has 0 radical (unpaired) electrons. The molecule has 24 heavy (non-hydrogen) atoms. The van der Waals surface area contributed by atoms with Gasteiger partial charge in [0.2, 0.25) is 10.0 Å². The van der Waals surface area contributed by atoms with Crippen LogP contribution in [0.1, 0.15) is 35.2 Å². The second-order valence-corrected chi connectivity index (χ2v) is 8.15. The van der Waals surface area contributed by atoms with Crippen LogP contribution in [0.4, 0.5) is 0 Å². The molecular formula is C17H26N2O4S. The van der Waals surface area contributed by atoms with E-state index in [0.717, 1.165) is 25.8 Å². The Kier molecular flexibility index (Phi) is 6.77. The van der Waals surface area contributed by atoms with Crippen LogP contribution in [0.15, 0.2) is 24.3 Å². The first-order chi connectivity index (χ1) is 11.5. The zero-order valence-corrected chi connectivity index (χ0v) is 15.1. The molecular weight excluding hydrogens is 328 g/mol. The molecule has 6 nitrogen and oxygen atoms in total. The van der Waals surface area contributed by atoms with Gasteiger partial charge in [-0.2, -0.15) is 0 Å². The molecule has 0 aromatic heterocycles. The Morgan fingerprint density at radius 2 is 2.04 bits per heavy atom. The van der Waals surface area contributed by atoms with Crippen molar-refractivity contribution in [3.05, 3.63) is 35.4 Å². The SMILES string of the molecule is CNCCC1CCN(S(=O)(=O)Cc2cccc(C(=O)OC)c2)CC1. The van der Waals surface area contributed by atoms with Crippen LogP contribution in [0.5, 0.6) is 0 Å². The lowest BCUT2D eigenvalue weighted by Gasteiger charge is -2.31. The average Bonchev–Trinajstić information content (AvgIpc) is 2.59. The minimum Gasteiger partial charge on any atom is -0.465 e. The van der Waals surface area contributed by atoms with E-state index in [2.05, 4.69) is 10.1 Å². The number of methoxy groups -OCH3 is 1. The molecule has 0 amide bonds. The zero-order valence-electron chi connectivity index (χ0n) is 14.3. The number of hydrogen-bond acceptors (Lipinski definition) is 5. The summed E-state index contributed by atoms with van der Waals surface area (Å²) in [6.07, 6.45) is 2.90. The van der Waals surface area contributed by atoms with Crippen LogP contribution in [0.25, 0.3) is 0 Å². The molecule has 0 atom stereocenters. The van der Waals surface area contributed by atoms with E-state index in [1.165, 1.54) is 7.11 Å². The highest BCUT2D eigenvalue weighted by Crippen LogP contribution is 2.23. The Labute approximate surface area is 144 Å². The lowest BCUT2D eigenvalue weighted by atomic mass is 9.95.